The molecule has 0 aromatic heterocycles. The zero-order chi connectivity index (χ0) is 16.8. The van der Waals surface area contributed by atoms with E-state index in [2.05, 4.69) is 10.1 Å². The summed E-state index contributed by atoms with van der Waals surface area (Å²) in [5.74, 6) is -2.96. The second-order valence-corrected chi connectivity index (χ2v) is 4.57. The first-order chi connectivity index (χ1) is 11.0. The highest BCUT2D eigenvalue weighted by atomic mass is 19.2. The van der Waals surface area contributed by atoms with Gasteiger partial charge < -0.3 is 10.1 Å². The Morgan fingerprint density at radius 1 is 1.04 bits per heavy atom. The van der Waals surface area contributed by atoms with Crippen molar-refractivity contribution in [3.8, 4) is 0 Å². The predicted molar refractivity (Wildman–Crippen MR) is 81.8 cm³/mol. The number of esters is 1. The van der Waals surface area contributed by atoms with Gasteiger partial charge in [0.25, 0.3) is 0 Å². The standard InChI is InChI=1S/C17H13F2NO3/c1-23-17(22)12-5-2-11(3-6-12)4-9-16(21)20-13-7-8-14(18)15(19)10-13/h2-10H,1H3,(H,20,21)/b9-4+. The van der Waals surface area contributed by atoms with Gasteiger partial charge in [0.2, 0.25) is 5.91 Å². The minimum absolute atomic E-state index is 0.152. The Morgan fingerprint density at radius 3 is 2.35 bits per heavy atom. The van der Waals surface area contributed by atoms with Gasteiger partial charge >= 0.3 is 5.97 Å². The van der Waals surface area contributed by atoms with E-state index < -0.39 is 23.5 Å². The van der Waals surface area contributed by atoms with Crippen LogP contribution in [0.4, 0.5) is 14.5 Å². The highest BCUT2D eigenvalue weighted by molar-refractivity contribution is 6.02. The molecule has 2 rings (SSSR count). The highest BCUT2D eigenvalue weighted by Gasteiger charge is 2.05. The zero-order valence-electron chi connectivity index (χ0n) is 12.2. The van der Waals surface area contributed by atoms with Crippen LogP contribution in [0.3, 0.4) is 0 Å². The number of benzene rings is 2. The topological polar surface area (TPSA) is 55.4 Å². The van der Waals surface area contributed by atoms with E-state index in [1.165, 1.54) is 25.3 Å². The summed E-state index contributed by atoms with van der Waals surface area (Å²) in [5, 5.41) is 2.41. The number of carbonyl (C=O) groups is 2. The van der Waals surface area contributed by atoms with Gasteiger partial charge in [-0.1, -0.05) is 12.1 Å². The van der Waals surface area contributed by atoms with Gasteiger partial charge in [0.05, 0.1) is 12.7 Å². The van der Waals surface area contributed by atoms with E-state index in [4.69, 9.17) is 0 Å². The highest BCUT2D eigenvalue weighted by Crippen LogP contribution is 2.13. The number of anilines is 1. The van der Waals surface area contributed by atoms with Crippen LogP contribution in [0.2, 0.25) is 0 Å². The summed E-state index contributed by atoms with van der Waals surface area (Å²) in [4.78, 5) is 23.0. The molecule has 0 aliphatic carbocycles. The van der Waals surface area contributed by atoms with Gasteiger partial charge in [0, 0.05) is 17.8 Å². The van der Waals surface area contributed by atoms with Crippen LogP contribution >= 0.6 is 0 Å². The van der Waals surface area contributed by atoms with E-state index in [-0.39, 0.29) is 5.69 Å². The van der Waals surface area contributed by atoms with Crippen molar-refractivity contribution in [3.05, 3.63) is 71.3 Å². The van der Waals surface area contributed by atoms with E-state index in [9.17, 15) is 18.4 Å². The first-order valence-electron chi connectivity index (χ1n) is 6.62. The fourth-order valence-corrected chi connectivity index (χ4v) is 1.78. The predicted octanol–water partition coefficient (Wildman–Crippen LogP) is 3.40. The summed E-state index contributed by atoms with van der Waals surface area (Å²) in [7, 11) is 1.29. The fraction of sp³-hybridized carbons (Fsp3) is 0.0588. The third kappa shape index (κ3) is 4.47. The smallest absolute Gasteiger partial charge is 0.337 e. The van der Waals surface area contributed by atoms with Crippen molar-refractivity contribution in [1.82, 2.24) is 0 Å². The minimum Gasteiger partial charge on any atom is -0.465 e. The van der Waals surface area contributed by atoms with Crippen LogP contribution in [-0.2, 0) is 9.53 Å². The van der Waals surface area contributed by atoms with Gasteiger partial charge in [-0.2, -0.15) is 0 Å². The number of rotatable bonds is 4. The molecule has 1 N–H and O–H groups in total. The van der Waals surface area contributed by atoms with Crippen LogP contribution in [-0.4, -0.2) is 19.0 Å². The molecule has 2 aromatic carbocycles. The van der Waals surface area contributed by atoms with Gasteiger partial charge in [0.1, 0.15) is 0 Å². The van der Waals surface area contributed by atoms with Crippen molar-refractivity contribution in [2.24, 2.45) is 0 Å². The molecule has 0 unspecified atom stereocenters. The van der Waals surface area contributed by atoms with Crippen LogP contribution in [0.5, 0.6) is 0 Å². The number of nitrogens with one attached hydrogen (secondary N) is 1. The molecule has 0 atom stereocenters. The van der Waals surface area contributed by atoms with Crippen molar-refractivity contribution < 1.29 is 23.1 Å². The average Bonchev–Trinajstić information content (AvgIpc) is 2.56. The lowest BCUT2D eigenvalue weighted by atomic mass is 10.1. The summed E-state index contributed by atoms with van der Waals surface area (Å²) in [6, 6.07) is 9.51. The van der Waals surface area contributed by atoms with E-state index in [0.29, 0.717) is 11.1 Å². The Kier molecular flexibility index (Phi) is 5.19. The molecule has 0 radical (unpaired) electrons. The third-order valence-electron chi connectivity index (χ3n) is 2.95. The third-order valence-corrected chi connectivity index (χ3v) is 2.95. The van der Waals surface area contributed by atoms with Crippen molar-refractivity contribution >= 4 is 23.6 Å². The normalized spacial score (nSPS) is 10.6. The Balaban J connectivity index is 2.00. The Hall–Kier alpha value is -3.02. The molecule has 0 fully saturated rings. The monoisotopic (exact) mass is 317 g/mol. The van der Waals surface area contributed by atoms with Gasteiger partial charge in [0.15, 0.2) is 11.6 Å². The van der Waals surface area contributed by atoms with E-state index in [1.54, 1.807) is 24.3 Å². The summed E-state index contributed by atoms with van der Waals surface area (Å²) < 4.78 is 30.4. The minimum atomic E-state index is -1.04. The molecule has 23 heavy (non-hydrogen) atoms. The van der Waals surface area contributed by atoms with Crippen LogP contribution in [0, 0.1) is 11.6 Å². The molecule has 0 aliphatic rings. The molecule has 0 saturated carbocycles. The Morgan fingerprint density at radius 2 is 1.74 bits per heavy atom. The maximum atomic E-state index is 13.0. The molecule has 0 bridgehead atoms. The van der Waals surface area contributed by atoms with Crippen LogP contribution in [0.1, 0.15) is 15.9 Å². The van der Waals surface area contributed by atoms with E-state index >= 15 is 0 Å². The number of ether oxygens (including phenoxy) is 1. The summed E-state index contributed by atoms with van der Waals surface area (Å²) in [5.41, 5.74) is 1.24. The zero-order valence-corrected chi connectivity index (χ0v) is 12.2. The van der Waals surface area contributed by atoms with Crippen molar-refractivity contribution in [2.45, 2.75) is 0 Å². The molecule has 0 spiro atoms. The van der Waals surface area contributed by atoms with E-state index in [1.807, 2.05) is 0 Å². The molecule has 118 valence electrons. The Labute approximate surface area is 131 Å². The maximum absolute atomic E-state index is 13.0. The fourth-order valence-electron chi connectivity index (χ4n) is 1.78. The summed E-state index contributed by atoms with van der Waals surface area (Å²) in [6.45, 7) is 0. The molecule has 1 amide bonds. The van der Waals surface area contributed by atoms with E-state index in [0.717, 1.165) is 12.1 Å². The largest absolute Gasteiger partial charge is 0.465 e. The molecular weight excluding hydrogens is 304 g/mol. The second kappa shape index (κ2) is 7.31. The molecule has 0 aliphatic heterocycles. The second-order valence-electron chi connectivity index (χ2n) is 4.57. The average molecular weight is 317 g/mol. The molecule has 2 aromatic rings. The summed E-state index contributed by atoms with van der Waals surface area (Å²) >= 11 is 0. The molecule has 6 heteroatoms. The summed E-state index contributed by atoms with van der Waals surface area (Å²) in [6.07, 6.45) is 2.77. The molecule has 0 heterocycles. The number of methoxy groups -OCH3 is 1. The van der Waals surface area contributed by atoms with Gasteiger partial charge in [-0.15, -0.1) is 0 Å². The Bertz CT molecular complexity index is 755. The van der Waals surface area contributed by atoms with Crippen molar-refractivity contribution in [3.63, 3.8) is 0 Å². The lowest BCUT2D eigenvalue weighted by Crippen LogP contribution is -2.08. The van der Waals surface area contributed by atoms with Crippen LogP contribution < -0.4 is 5.32 Å². The van der Waals surface area contributed by atoms with Crippen LogP contribution in [0.15, 0.2) is 48.5 Å². The van der Waals surface area contributed by atoms with Gasteiger partial charge in [-0.05, 0) is 35.9 Å². The lowest BCUT2D eigenvalue weighted by Gasteiger charge is -2.02. The molecule has 0 saturated heterocycles. The number of hydrogen-bond acceptors (Lipinski definition) is 3. The number of carbonyl (C=O) groups excluding carboxylic acids is 2. The number of amides is 1. The maximum Gasteiger partial charge on any atom is 0.337 e. The van der Waals surface area contributed by atoms with Gasteiger partial charge in [-0.3, -0.25) is 4.79 Å². The first kappa shape index (κ1) is 16.4. The van der Waals surface area contributed by atoms with Crippen molar-refractivity contribution in [1.29, 1.82) is 0 Å². The number of halogens is 2. The SMILES string of the molecule is COC(=O)c1ccc(/C=C/C(=O)Nc2ccc(F)c(F)c2)cc1. The quantitative estimate of drug-likeness (QED) is 0.694. The molecular formula is C17H13F2NO3. The lowest BCUT2D eigenvalue weighted by molar-refractivity contribution is -0.111. The van der Waals surface area contributed by atoms with Crippen molar-refractivity contribution in [2.75, 3.05) is 12.4 Å². The van der Waals surface area contributed by atoms with Crippen LogP contribution in [0.25, 0.3) is 6.08 Å². The molecule has 4 nitrogen and oxygen atoms in total. The van der Waals surface area contributed by atoms with Gasteiger partial charge in [-0.25, -0.2) is 13.6 Å². The first-order valence-corrected chi connectivity index (χ1v) is 6.62. The number of hydrogen-bond donors (Lipinski definition) is 1.